The predicted molar refractivity (Wildman–Crippen MR) is 68.9 cm³/mol. The molecule has 1 unspecified atom stereocenters. The first-order valence-corrected chi connectivity index (χ1v) is 6.07. The maximum absolute atomic E-state index is 12.8. The van der Waals surface area contributed by atoms with Crippen molar-refractivity contribution in [2.45, 2.75) is 6.18 Å². The SMILES string of the molecule is C#CCN1CC(C(F)(F)F)C(=O)N1c1cccc(Cl)c1. The van der Waals surface area contributed by atoms with Gasteiger partial charge < -0.3 is 0 Å². The van der Waals surface area contributed by atoms with Crippen LogP contribution in [0.4, 0.5) is 18.9 Å². The third kappa shape index (κ3) is 2.74. The molecular formula is C13H10ClF3N2O. The molecule has 0 saturated carbocycles. The van der Waals surface area contributed by atoms with Crippen LogP contribution < -0.4 is 5.01 Å². The van der Waals surface area contributed by atoms with Crippen LogP contribution in [0.2, 0.25) is 5.02 Å². The van der Waals surface area contributed by atoms with Crippen molar-refractivity contribution in [3.8, 4) is 12.3 Å². The topological polar surface area (TPSA) is 23.6 Å². The van der Waals surface area contributed by atoms with E-state index in [1.807, 2.05) is 0 Å². The van der Waals surface area contributed by atoms with E-state index in [-0.39, 0.29) is 12.2 Å². The van der Waals surface area contributed by atoms with Crippen molar-refractivity contribution < 1.29 is 18.0 Å². The number of terminal acetylenes is 1. The van der Waals surface area contributed by atoms with Crippen molar-refractivity contribution in [1.82, 2.24) is 5.01 Å². The molecule has 0 aliphatic carbocycles. The maximum atomic E-state index is 12.8. The summed E-state index contributed by atoms with van der Waals surface area (Å²) in [6.07, 6.45) is 0.542. The van der Waals surface area contributed by atoms with Crippen molar-refractivity contribution in [3.05, 3.63) is 29.3 Å². The van der Waals surface area contributed by atoms with Crippen LogP contribution in [0, 0.1) is 18.3 Å². The van der Waals surface area contributed by atoms with Gasteiger partial charge in [0.05, 0.1) is 12.2 Å². The van der Waals surface area contributed by atoms with E-state index in [0.29, 0.717) is 5.02 Å². The quantitative estimate of drug-likeness (QED) is 0.784. The van der Waals surface area contributed by atoms with Gasteiger partial charge in [-0.3, -0.25) is 4.79 Å². The summed E-state index contributed by atoms with van der Waals surface area (Å²) in [4.78, 5) is 12.0. The standard InChI is InChI=1S/C13H10ClF3N2O/c1-2-6-18-8-11(13(15,16)17)12(20)19(18)10-5-3-4-9(14)7-10/h1,3-5,7,11H,6,8H2. The van der Waals surface area contributed by atoms with Gasteiger partial charge in [0, 0.05) is 11.6 Å². The van der Waals surface area contributed by atoms with E-state index in [9.17, 15) is 18.0 Å². The summed E-state index contributed by atoms with van der Waals surface area (Å²) in [6, 6.07) is 6.05. The molecule has 0 bridgehead atoms. The lowest BCUT2D eigenvalue weighted by atomic mass is 10.1. The first-order chi connectivity index (χ1) is 9.34. The van der Waals surface area contributed by atoms with E-state index >= 15 is 0 Å². The number of nitrogens with zero attached hydrogens (tertiary/aromatic N) is 2. The largest absolute Gasteiger partial charge is 0.401 e. The van der Waals surface area contributed by atoms with E-state index in [2.05, 4.69) is 5.92 Å². The van der Waals surface area contributed by atoms with Crippen LogP contribution in [0.1, 0.15) is 0 Å². The van der Waals surface area contributed by atoms with Gasteiger partial charge in [-0.25, -0.2) is 10.0 Å². The summed E-state index contributed by atoms with van der Waals surface area (Å²) in [7, 11) is 0. The van der Waals surface area contributed by atoms with Crippen molar-refractivity contribution in [2.24, 2.45) is 5.92 Å². The highest BCUT2D eigenvalue weighted by Gasteiger charge is 2.53. The van der Waals surface area contributed by atoms with Gasteiger partial charge in [-0.05, 0) is 18.2 Å². The molecule has 1 saturated heterocycles. The molecule has 1 aliphatic heterocycles. The lowest BCUT2D eigenvalue weighted by Crippen LogP contribution is -2.40. The first-order valence-electron chi connectivity index (χ1n) is 5.69. The van der Waals surface area contributed by atoms with Crippen molar-refractivity contribution >= 4 is 23.2 Å². The number of anilines is 1. The fraction of sp³-hybridized carbons (Fsp3) is 0.308. The average Bonchev–Trinajstić information content (AvgIpc) is 2.66. The smallest absolute Gasteiger partial charge is 0.272 e. The van der Waals surface area contributed by atoms with Crippen LogP contribution in [-0.4, -0.2) is 30.2 Å². The summed E-state index contributed by atoms with van der Waals surface area (Å²) in [6.45, 7) is -0.579. The Morgan fingerprint density at radius 1 is 1.45 bits per heavy atom. The Balaban J connectivity index is 2.38. The minimum Gasteiger partial charge on any atom is -0.272 e. The lowest BCUT2D eigenvalue weighted by molar-refractivity contribution is -0.175. The number of hydrogen-bond acceptors (Lipinski definition) is 2. The summed E-state index contributed by atoms with van der Waals surface area (Å²) >= 11 is 5.80. The van der Waals surface area contributed by atoms with Gasteiger partial charge in [-0.2, -0.15) is 13.2 Å². The van der Waals surface area contributed by atoms with Gasteiger partial charge in [0.1, 0.15) is 5.92 Å². The van der Waals surface area contributed by atoms with Crippen LogP contribution in [0.5, 0.6) is 0 Å². The molecule has 1 aromatic rings. The van der Waals surface area contributed by atoms with Crippen molar-refractivity contribution in [2.75, 3.05) is 18.1 Å². The Labute approximate surface area is 118 Å². The van der Waals surface area contributed by atoms with E-state index in [4.69, 9.17) is 18.0 Å². The average molecular weight is 303 g/mol. The third-order valence-electron chi connectivity index (χ3n) is 2.90. The number of carbonyl (C=O) groups excluding carboxylic acids is 1. The molecule has 3 nitrogen and oxygen atoms in total. The second-order valence-corrected chi connectivity index (χ2v) is 4.71. The van der Waals surface area contributed by atoms with Crippen molar-refractivity contribution in [1.29, 1.82) is 0 Å². The molecule has 1 aromatic carbocycles. The van der Waals surface area contributed by atoms with Crippen LogP contribution in [-0.2, 0) is 4.79 Å². The molecule has 0 aromatic heterocycles. The second-order valence-electron chi connectivity index (χ2n) is 4.28. The number of halogens is 4. The molecule has 1 fully saturated rings. The van der Waals surface area contributed by atoms with Crippen LogP contribution >= 0.6 is 11.6 Å². The van der Waals surface area contributed by atoms with E-state index in [0.717, 1.165) is 5.01 Å². The molecule has 106 valence electrons. The number of hydrazine groups is 1. The normalized spacial score (nSPS) is 20.2. The minimum absolute atomic E-state index is 0.0924. The molecule has 0 spiro atoms. The summed E-state index contributed by atoms with van der Waals surface area (Å²) < 4.78 is 38.5. The molecule has 7 heteroatoms. The van der Waals surface area contributed by atoms with Gasteiger partial charge in [0.15, 0.2) is 0 Å². The second kappa shape index (κ2) is 5.35. The molecule has 1 atom stereocenters. The Morgan fingerprint density at radius 2 is 2.15 bits per heavy atom. The molecule has 0 radical (unpaired) electrons. The zero-order valence-electron chi connectivity index (χ0n) is 10.2. The molecule has 2 rings (SSSR count). The van der Waals surface area contributed by atoms with E-state index in [1.165, 1.54) is 17.1 Å². The van der Waals surface area contributed by atoms with E-state index in [1.54, 1.807) is 12.1 Å². The summed E-state index contributed by atoms with van der Waals surface area (Å²) in [5.41, 5.74) is 0.268. The minimum atomic E-state index is -4.60. The van der Waals surface area contributed by atoms with Gasteiger partial charge in [-0.1, -0.05) is 23.6 Å². The number of alkyl halides is 3. The highest BCUT2D eigenvalue weighted by Crippen LogP contribution is 2.36. The number of rotatable bonds is 2. The highest BCUT2D eigenvalue weighted by atomic mass is 35.5. The Hall–Kier alpha value is -1.71. The molecule has 0 N–H and O–H groups in total. The molecule has 20 heavy (non-hydrogen) atoms. The monoisotopic (exact) mass is 302 g/mol. The van der Waals surface area contributed by atoms with Gasteiger partial charge in [0.2, 0.25) is 0 Å². The fourth-order valence-corrected chi connectivity index (χ4v) is 2.22. The first kappa shape index (κ1) is 14.7. The summed E-state index contributed by atoms with van der Waals surface area (Å²) in [5, 5.41) is 2.46. The number of amides is 1. The van der Waals surface area contributed by atoms with Crippen molar-refractivity contribution in [3.63, 3.8) is 0 Å². The van der Waals surface area contributed by atoms with Gasteiger partial charge in [0.25, 0.3) is 5.91 Å². The van der Waals surface area contributed by atoms with Gasteiger partial charge in [-0.15, -0.1) is 6.42 Å². The number of hydrogen-bond donors (Lipinski definition) is 0. The Kier molecular flexibility index (Phi) is 3.93. The number of carbonyl (C=O) groups is 1. The predicted octanol–water partition coefficient (Wildman–Crippen LogP) is 2.72. The number of benzene rings is 1. The summed E-state index contributed by atoms with van der Waals surface area (Å²) in [5.74, 6) is -0.872. The molecular weight excluding hydrogens is 293 g/mol. The van der Waals surface area contributed by atoms with Gasteiger partial charge >= 0.3 is 6.18 Å². The van der Waals surface area contributed by atoms with Crippen LogP contribution in [0.3, 0.4) is 0 Å². The molecule has 1 aliphatic rings. The molecule has 1 amide bonds. The maximum Gasteiger partial charge on any atom is 0.401 e. The highest BCUT2D eigenvalue weighted by molar-refractivity contribution is 6.30. The van der Waals surface area contributed by atoms with E-state index < -0.39 is 24.5 Å². The molecule has 1 heterocycles. The Bertz CT molecular complexity index is 567. The van der Waals surface area contributed by atoms with Crippen LogP contribution in [0.15, 0.2) is 24.3 Å². The Morgan fingerprint density at radius 3 is 2.70 bits per heavy atom. The lowest BCUT2D eigenvalue weighted by Gasteiger charge is -2.26. The fourth-order valence-electron chi connectivity index (χ4n) is 2.04. The van der Waals surface area contributed by atoms with Crippen LogP contribution in [0.25, 0.3) is 0 Å². The zero-order valence-corrected chi connectivity index (χ0v) is 10.9. The third-order valence-corrected chi connectivity index (χ3v) is 3.14. The zero-order chi connectivity index (χ0) is 14.9.